The van der Waals surface area contributed by atoms with Crippen molar-refractivity contribution in [2.24, 2.45) is 0 Å². The number of aromatic nitrogens is 1. The van der Waals surface area contributed by atoms with E-state index in [-0.39, 0.29) is 29.2 Å². The molecule has 0 N–H and O–H groups in total. The molecule has 7 nitrogen and oxygen atoms in total. The fourth-order valence-corrected chi connectivity index (χ4v) is 5.31. The normalized spacial score (nSPS) is 19.3. The molecule has 0 bridgehead atoms. The first-order chi connectivity index (χ1) is 15.5. The summed E-state index contributed by atoms with van der Waals surface area (Å²) in [5, 5.41) is 2.86. The maximum atomic E-state index is 12.8. The third kappa shape index (κ3) is 3.39. The summed E-state index contributed by atoms with van der Waals surface area (Å²) in [6, 6.07) is 5.57. The summed E-state index contributed by atoms with van der Waals surface area (Å²) < 4.78 is 18.2. The third-order valence-electron chi connectivity index (χ3n) is 6.74. The largest absolute Gasteiger partial charge is 0.492 e. The Morgan fingerprint density at radius 3 is 2.75 bits per heavy atom. The Morgan fingerprint density at radius 1 is 1.22 bits per heavy atom. The first-order valence-electron chi connectivity index (χ1n) is 11.2. The van der Waals surface area contributed by atoms with Gasteiger partial charge in [-0.1, -0.05) is 11.6 Å². The number of fused-ring (bicyclic) bond motifs is 7. The number of esters is 1. The average Bonchev–Trinajstić information content (AvgIpc) is 3.45. The van der Waals surface area contributed by atoms with Crippen molar-refractivity contribution in [3.8, 4) is 17.0 Å². The molecular weight excluding hydrogens is 432 g/mol. The molecule has 0 amide bonds. The molecule has 8 heteroatoms. The number of pyridine rings is 1. The summed E-state index contributed by atoms with van der Waals surface area (Å²) in [7, 11) is 1.67. The van der Waals surface area contributed by atoms with Crippen LogP contribution in [0.1, 0.15) is 61.0 Å². The molecule has 2 aliphatic heterocycles. The Kier molecular flexibility index (Phi) is 5.42. The zero-order valence-corrected chi connectivity index (χ0v) is 19.1. The van der Waals surface area contributed by atoms with Gasteiger partial charge in [0.1, 0.15) is 11.3 Å². The molecule has 1 spiro atoms. The van der Waals surface area contributed by atoms with Gasteiger partial charge in [0.25, 0.3) is 0 Å². The number of carbonyl (C=O) groups is 1. The number of benzene rings is 1. The Morgan fingerprint density at radius 2 is 2.03 bits per heavy atom. The Labute approximate surface area is 191 Å². The van der Waals surface area contributed by atoms with Crippen LogP contribution >= 0.6 is 11.6 Å². The summed E-state index contributed by atoms with van der Waals surface area (Å²) in [6.07, 6.45) is 6.71. The molecule has 1 aliphatic carbocycles. The maximum Gasteiger partial charge on any atom is 0.343 e. The minimum Gasteiger partial charge on any atom is -0.492 e. The van der Waals surface area contributed by atoms with Crippen LogP contribution in [0.15, 0.2) is 29.2 Å². The molecule has 1 aromatic carbocycles. The standard InChI is InChI=1S/C24H27ClN2O5/c1-3-31-23(29)17-14-26-20(13-21(17)28)15-11-18(25)22(32-10-4-9-30-2)12-16(15)19-5-6-24(7-8-24)27(19)26/h11-14,19H,3-10H2,1-2H3. The molecule has 32 heavy (non-hydrogen) atoms. The van der Waals surface area contributed by atoms with E-state index in [2.05, 4.69) is 5.01 Å². The summed E-state index contributed by atoms with van der Waals surface area (Å²) in [4.78, 5) is 25.2. The smallest absolute Gasteiger partial charge is 0.343 e. The van der Waals surface area contributed by atoms with Crippen LogP contribution in [0, 0.1) is 0 Å². The molecule has 2 aromatic rings. The van der Waals surface area contributed by atoms with Crippen molar-refractivity contribution < 1.29 is 19.0 Å². The van der Waals surface area contributed by atoms with E-state index >= 15 is 0 Å². The molecule has 1 saturated heterocycles. The van der Waals surface area contributed by atoms with Crippen LogP contribution in [0.25, 0.3) is 11.3 Å². The van der Waals surface area contributed by atoms with Gasteiger partial charge in [0.15, 0.2) is 5.43 Å². The van der Waals surface area contributed by atoms with Gasteiger partial charge in [0.2, 0.25) is 0 Å². The van der Waals surface area contributed by atoms with Crippen LogP contribution < -0.4 is 15.2 Å². The highest BCUT2D eigenvalue weighted by Crippen LogP contribution is 2.58. The Bertz CT molecular complexity index is 1120. The molecule has 5 rings (SSSR count). The first-order valence-corrected chi connectivity index (χ1v) is 11.6. The van der Waals surface area contributed by atoms with Crippen molar-refractivity contribution in [2.45, 2.75) is 50.6 Å². The minimum atomic E-state index is -0.586. The van der Waals surface area contributed by atoms with E-state index in [0.717, 1.165) is 48.9 Å². The number of ether oxygens (including phenoxy) is 3. The van der Waals surface area contributed by atoms with Crippen molar-refractivity contribution in [3.63, 3.8) is 0 Å². The van der Waals surface area contributed by atoms with E-state index < -0.39 is 5.97 Å². The monoisotopic (exact) mass is 458 g/mol. The maximum absolute atomic E-state index is 12.8. The number of halogens is 1. The Balaban J connectivity index is 1.61. The van der Waals surface area contributed by atoms with Gasteiger partial charge in [0.05, 0.1) is 35.5 Å². The highest BCUT2D eigenvalue weighted by molar-refractivity contribution is 6.32. The molecule has 3 aliphatic rings. The number of hydrogen-bond donors (Lipinski definition) is 0. The lowest BCUT2D eigenvalue weighted by atomic mass is 9.94. The zero-order chi connectivity index (χ0) is 22.5. The fourth-order valence-electron chi connectivity index (χ4n) is 5.09. The van der Waals surface area contributed by atoms with E-state index in [9.17, 15) is 9.59 Å². The molecule has 1 aromatic heterocycles. The molecule has 3 heterocycles. The molecule has 1 atom stereocenters. The van der Waals surface area contributed by atoms with Crippen molar-refractivity contribution in [2.75, 3.05) is 31.9 Å². The minimum absolute atomic E-state index is 0.0599. The van der Waals surface area contributed by atoms with Crippen molar-refractivity contribution in [1.82, 2.24) is 4.68 Å². The molecule has 170 valence electrons. The van der Waals surface area contributed by atoms with Crippen LogP contribution in [0.5, 0.6) is 5.75 Å². The van der Waals surface area contributed by atoms with Gasteiger partial charge in [-0.25, -0.2) is 4.79 Å². The number of carbonyl (C=O) groups excluding carboxylic acids is 1. The second-order valence-corrected chi connectivity index (χ2v) is 9.10. The van der Waals surface area contributed by atoms with E-state index in [4.69, 9.17) is 25.8 Å². The van der Waals surface area contributed by atoms with Crippen LogP contribution in [0.4, 0.5) is 0 Å². The van der Waals surface area contributed by atoms with Crippen LogP contribution in [-0.2, 0) is 9.47 Å². The van der Waals surface area contributed by atoms with Gasteiger partial charge in [-0.05, 0) is 50.3 Å². The van der Waals surface area contributed by atoms with Crippen LogP contribution in [-0.4, -0.2) is 43.1 Å². The number of nitrogens with zero attached hydrogens (tertiary/aromatic N) is 2. The second-order valence-electron chi connectivity index (χ2n) is 8.69. The second kappa shape index (κ2) is 8.12. The van der Waals surface area contributed by atoms with E-state index in [1.54, 1.807) is 20.2 Å². The topological polar surface area (TPSA) is 70.0 Å². The summed E-state index contributed by atoms with van der Waals surface area (Å²) in [5.41, 5.74) is 2.56. The molecule has 1 saturated carbocycles. The number of hydrogen-bond acceptors (Lipinski definition) is 6. The van der Waals surface area contributed by atoms with Crippen molar-refractivity contribution in [3.05, 3.63) is 50.8 Å². The molecule has 2 fully saturated rings. The SMILES string of the molecule is CCOC(=O)c1cn2c(cc1=O)-c1cc(Cl)c(OCCCOC)cc1C1CCC3(CC3)N12. The van der Waals surface area contributed by atoms with E-state index in [1.807, 2.05) is 16.8 Å². The molecular formula is C24H27ClN2O5. The lowest BCUT2D eigenvalue weighted by Crippen LogP contribution is -2.46. The van der Waals surface area contributed by atoms with Gasteiger partial charge in [0, 0.05) is 38.0 Å². The van der Waals surface area contributed by atoms with Crippen molar-refractivity contribution >= 4 is 17.6 Å². The predicted octanol–water partition coefficient (Wildman–Crippen LogP) is 4.08. The van der Waals surface area contributed by atoms with Gasteiger partial charge in [-0.2, -0.15) is 0 Å². The molecule has 0 radical (unpaired) electrons. The van der Waals surface area contributed by atoms with E-state index in [1.165, 1.54) is 6.07 Å². The van der Waals surface area contributed by atoms with E-state index in [0.29, 0.717) is 24.0 Å². The highest BCUT2D eigenvalue weighted by Gasteiger charge is 2.57. The number of methoxy groups -OCH3 is 1. The first kappa shape index (κ1) is 21.3. The quantitative estimate of drug-likeness (QED) is 0.460. The lowest BCUT2D eigenvalue weighted by Gasteiger charge is -2.41. The predicted molar refractivity (Wildman–Crippen MR) is 121 cm³/mol. The number of rotatable bonds is 7. The summed E-state index contributed by atoms with van der Waals surface area (Å²) in [5.74, 6) is 0.0641. The fraction of sp³-hybridized carbons (Fsp3) is 0.500. The van der Waals surface area contributed by atoms with Gasteiger partial charge >= 0.3 is 5.97 Å². The Hall–Kier alpha value is -2.51. The highest BCUT2D eigenvalue weighted by atomic mass is 35.5. The summed E-state index contributed by atoms with van der Waals surface area (Å²) in [6.45, 7) is 3.10. The molecule has 1 unspecified atom stereocenters. The zero-order valence-electron chi connectivity index (χ0n) is 18.4. The van der Waals surface area contributed by atoms with Gasteiger partial charge in [-0.3, -0.25) is 14.5 Å². The van der Waals surface area contributed by atoms with Gasteiger partial charge in [-0.15, -0.1) is 0 Å². The summed E-state index contributed by atoms with van der Waals surface area (Å²) >= 11 is 6.58. The van der Waals surface area contributed by atoms with Gasteiger partial charge < -0.3 is 14.2 Å². The van der Waals surface area contributed by atoms with Crippen molar-refractivity contribution in [1.29, 1.82) is 0 Å². The van der Waals surface area contributed by atoms with Crippen LogP contribution in [0.2, 0.25) is 5.02 Å². The third-order valence-corrected chi connectivity index (χ3v) is 7.04. The van der Waals surface area contributed by atoms with Crippen LogP contribution in [0.3, 0.4) is 0 Å². The average molecular weight is 459 g/mol. The lowest BCUT2D eigenvalue weighted by molar-refractivity contribution is 0.0523.